The highest BCUT2D eigenvalue weighted by atomic mass is 16.3. The molecular formula is C19H23NO2. The quantitative estimate of drug-likeness (QED) is 0.788. The van der Waals surface area contributed by atoms with Gasteiger partial charge in [0.15, 0.2) is 0 Å². The van der Waals surface area contributed by atoms with E-state index >= 15 is 0 Å². The van der Waals surface area contributed by atoms with Crippen LogP contribution in [0.25, 0.3) is 11.0 Å². The summed E-state index contributed by atoms with van der Waals surface area (Å²) in [5, 5.41) is 1.13. The molecule has 3 nitrogen and oxygen atoms in total. The molecule has 1 atom stereocenters. The van der Waals surface area contributed by atoms with Gasteiger partial charge in [-0.1, -0.05) is 37.3 Å². The van der Waals surface area contributed by atoms with Gasteiger partial charge in [-0.25, -0.2) is 0 Å². The summed E-state index contributed by atoms with van der Waals surface area (Å²) in [5.41, 5.74) is 2.07. The molecule has 0 fully saturated rings. The largest absolute Gasteiger partial charge is 0.461 e. The molecule has 0 bridgehead atoms. The van der Waals surface area contributed by atoms with Crippen LogP contribution in [-0.4, -0.2) is 17.9 Å². The van der Waals surface area contributed by atoms with Crippen LogP contribution in [0.5, 0.6) is 0 Å². The van der Waals surface area contributed by atoms with Crippen LogP contribution >= 0.6 is 0 Å². The molecule has 0 aliphatic heterocycles. The summed E-state index contributed by atoms with van der Waals surface area (Å²) in [6.07, 6.45) is 7.99. The number of furan rings is 1. The maximum Gasteiger partial charge on any atom is 0.226 e. The first-order chi connectivity index (χ1) is 10.7. The Bertz CT molecular complexity index is 699. The maximum atomic E-state index is 12.6. The number of amides is 1. The van der Waals surface area contributed by atoms with E-state index in [1.165, 1.54) is 0 Å². The first kappa shape index (κ1) is 14.9. The third kappa shape index (κ3) is 2.80. The Kier molecular flexibility index (Phi) is 4.32. The second-order valence-electron chi connectivity index (χ2n) is 6.03. The lowest BCUT2D eigenvalue weighted by Gasteiger charge is -2.24. The minimum absolute atomic E-state index is 0.137. The second-order valence-corrected chi connectivity index (χ2v) is 6.03. The van der Waals surface area contributed by atoms with Gasteiger partial charge >= 0.3 is 0 Å². The maximum absolute atomic E-state index is 12.6. The SMILES string of the molecule is CCc1oc2ccccc2c1CN(C)C(=O)C1CC=CCC1. The molecule has 0 spiro atoms. The number of benzene rings is 1. The number of carbonyl (C=O) groups is 1. The molecule has 0 N–H and O–H groups in total. The van der Waals surface area contributed by atoms with E-state index in [1.807, 2.05) is 30.1 Å². The van der Waals surface area contributed by atoms with Crippen molar-refractivity contribution in [2.24, 2.45) is 5.92 Å². The molecule has 1 aromatic carbocycles. The lowest BCUT2D eigenvalue weighted by Crippen LogP contribution is -2.33. The molecule has 0 saturated carbocycles. The van der Waals surface area contributed by atoms with Crippen molar-refractivity contribution in [1.29, 1.82) is 0 Å². The Hall–Kier alpha value is -2.03. The smallest absolute Gasteiger partial charge is 0.226 e. The Morgan fingerprint density at radius 2 is 2.14 bits per heavy atom. The van der Waals surface area contributed by atoms with E-state index in [0.29, 0.717) is 6.54 Å². The fraction of sp³-hybridized carbons (Fsp3) is 0.421. The van der Waals surface area contributed by atoms with E-state index in [1.54, 1.807) is 0 Å². The molecule has 1 amide bonds. The Morgan fingerprint density at radius 1 is 1.32 bits per heavy atom. The zero-order valence-electron chi connectivity index (χ0n) is 13.3. The van der Waals surface area contributed by atoms with E-state index in [-0.39, 0.29) is 11.8 Å². The highest BCUT2D eigenvalue weighted by Crippen LogP contribution is 2.28. The molecule has 0 radical (unpaired) electrons. The normalized spacial score (nSPS) is 17.8. The number of nitrogens with zero attached hydrogens (tertiary/aromatic N) is 1. The topological polar surface area (TPSA) is 33.5 Å². The van der Waals surface area contributed by atoms with Crippen molar-refractivity contribution in [3.05, 3.63) is 47.7 Å². The molecular weight excluding hydrogens is 274 g/mol. The van der Waals surface area contributed by atoms with Gasteiger partial charge < -0.3 is 9.32 Å². The predicted octanol–water partition coefficient (Wildman–Crippen LogP) is 4.31. The summed E-state index contributed by atoms with van der Waals surface area (Å²) in [6, 6.07) is 8.08. The molecule has 2 aromatic rings. The molecule has 0 saturated heterocycles. The van der Waals surface area contributed by atoms with Crippen molar-refractivity contribution in [1.82, 2.24) is 4.90 Å². The molecule has 22 heavy (non-hydrogen) atoms. The van der Waals surface area contributed by atoms with E-state index in [4.69, 9.17) is 4.42 Å². The van der Waals surface area contributed by atoms with Crippen LogP contribution in [0.15, 0.2) is 40.8 Å². The van der Waals surface area contributed by atoms with Crippen LogP contribution in [0.1, 0.15) is 37.5 Å². The number of hydrogen-bond acceptors (Lipinski definition) is 2. The minimum Gasteiger partial charge on any atom is -0.461 e. The van der Waals surface area contributed by atoms with Crippen LogP contribution in [0.3, 0.4) is 0 Å². The number of allylic oxidation sites excluding steroid dienone is 2. The minimum atomic E-state index is 0.137. The number of rotatable bonds is 4. The van der Waals surface area contributed by atoms with Gasteiger partial charge in [0.1, 0.15) is 11.3 Å². The van der Waals surface area contributed by atoms with Crippen molar-refractivity contribution in [3.8, 4) is 0 Å². The average Bonchev–Trinajstić information content (AvgIpc) is 2.93. The summed E-state index contributed by atoms with van der Waals surface area (Å²) in [6.45, 7) is 2.72. The van der Waals surface area contributed by atoms with Crippen molar-refractivity contribution < 1.29 is 9.21 Å². The molecule has 1 heterocycles. The lowest BCUT2D eigenvalue weighted by atomic mass is 9.93. The Balaban J connectivity index is 1.82. The zero-order valence-corrected chi connectivity index (χ0v) is 13.3. The van der Waals surface area contributed by atoms with Crippen LogP contribution in [0, 0.1) is 5.92 Å². The van der Waals surface area contributed by atoms with Crippen LogP contribution in [-0.2, 0) is 17.8 Å². The van der Waals surface area contributed by atoms with Gasteiger partial charge in [0.05, 0.1) is 0 Å². The number of fused-ring (bicyclic) bond motifs is 1. The molecule has 3 rings (SSSR count). The van der Waals surface area contributed by atoms with Crippen molar-refractivity contribution in [2.45, 2.75) is 39.2 Å². The second kappa shape index (κ2) is 6.39. The van der Waals surface area contributed by atoms with E-state index in [0.717, 1.165) is 48.0 Å². The van der Waals surface area contributed by atoms with Crippen molar-refractivity contribution in [2.75, 3.05) is 7.05 Å². The van der Waals surface area contributed by atoms with Crippen molar-refractivity contribution >= 4 is 16.9 Å². The van der Waals surface area contributed by atoms with Crippen LogP contribution in [0.4, 0.5) is 0 Å². The van der Waals surface area contributed by atoms with E-state index in [2.05, 4.69) is 25.1 Å². The lowest BCUT2D eigenvalue weighted by molar-refractivity contribution is -0.134. The van der Waals surface area contributed by atoms with Gasteiger partial charge in [-0.3, -0.25) is 4.79 Å². The predicted molar refractivity (Wildman–Crippen MR) is 88.5 cm³/mol. The summed E-state index contributed by atoms with van der Waals surface area (Å²) in [7, 11) is 1.90. The highest BCUT2D eigenvalue weighted by molar-refractivity contribution is 5.84. The van der Waals surface area contributed by atoms with Gasteiger partial charge in [0.25, 0.3) is 0 Å². The number of para-hydroxylation sites is 1. The van der Waals surface area contributed by atoms with Gasteiger partial charge in [0.2, 0.25) is 5.91 Å². The summed E-state index contributed by atoms with van der Waals surface area (Å²) in [4.78, 5) is 14.5. The summed E-state index contributed by atoms with van der Waals surface area (Å²) in [5.74, 6) is 1.37. The molecule has 1 aliphatic carbocycles. The average molecular weight is 297 g/mol. The summed E-state index contributed by atoms with van der Waals surface area (Å²) >= 11 is 0. The third-order valence-corrected chi connectivity index (χ3v) is 4.49. The van der Waals surface area contributed by atoms with Crippen molar-refractivity contribution in [3.63, 3.8) is 0 Å². The highest BCUT2D eigenvalue weighted by Gasteiger charge is 2.24. The number of aryl methyl sites for hydroxylation is 1. The number of carbonyl (C=O) groups excluding carboxylic acids is 1. The van der Waals surface area contributed by atoms with E-state index < -0.39 is 0 Å². The fourth-order valence-electron chi connectivity index (χ4n) is 3.25. The first-order valence-corrected chi connectivity index (χ1v) is 8.10. The summed E-state index contributed by atoms with van der Waals surface area (Å²) < 4.78 is 5.93. The Morgan fingerprint density at radius 3 is 2.86 bits per heavy atom. The molecule has 116 valence electrons. The standard InChI is InChI=1S/C19H23NO2/c1-3-17-16(15-11-7-8-12-18(15)22-17)13-20(2)19(21)14-9-5-4-6-10-14/h4-5,7-8,11-12,14H,3,6,9-10,13H2,1-2H3. The first-order valence-electron chi connectivity index (χ1n) is 8.10. The van der Waals surface area contributed by atoms with Gasteiger partial charge in [-0.05, 0) is 25.3 Å². The van der Waals surface area contributed by atoms with Crippen LogP contribution in [0.2, 0.25) is 0 Å². The molecule has 1 unspecified atom stereocenters. The van der Waals surface area contributed by atoms with Gasteiger partial charge in [-0.15, -0.1) is 0 Å². The third-order valence-electron chi connectivity index (χ3n) is 4.49. The number of hydrogen-bond donors (Lipinski definition) is 0. The monoisotopic (exact) mass is 297 g/mol. The van der Waals surface area contributed by atoms with Gasteiger partial charge in [0, 0.05) is 36.9 Å². The molecule has 3 heteroatoms. The molecule has 1 aliphatic rings. The van der Waals surface area contributed by atoms with E-state index in [9.17, 15) is 4.79 Å². The zero-order chi connectivity index (χ0) is 15.5. The molecule has 1 aromatic heterocycles. The van der Waals surface area contributed by atoms with Gasteiger partial charge in [-0.2, -0.15) is 0 Å². The Labute approximate surface area is 131 Å². The van der Waals surface area contributed by atoms with Crippen LogP contribution < -0.4 is 0 Å². The fourth-order valence-corrected chi connectivity index (χ4v) is 3.25.